The lowest BCUT2D eigenvalue weighted by Gasteiger charge is -2.33. The molecule has 0 radical (unpaired) electrons. The number of anilines is 2. The second-order valence-electron chi connectivity index (χ2n) is 11.0. The van der Waals surface area contributed by atoms with Crippen LogP contribution in [-0.2, 0) is 11.8 Å². The number of rotatable bonds is 6. The Labute approximate surface area is 226 Å². The van der Waals surface area contributed by atoms with E-state index in [4.69, 9.17) is 0 Å². The van der Waals surface area contributed by atoms with Crippen molar-refractivity contribution in [3.8, 4) is 11.1 Å². The molecule has 0 atom stereocenters. The van der Waals surface area contributed by atoms with Gasteiger partial charge in [0.25, 0.3) is 5.91 Å². The first kappa shape index (κ1) is 25.2. The van der Waals surface area contributed by atoms with Crippen molar-refractivity contribution in [2.24, 2.45) is 12.5 Å². The second kappa shape index (κ2) is 10.2. The largest absolute Gasteiger partial charge is 0.324 e. The predicted octanol–water partition coefficient (Wildman–Crippen LogP) is 3.68. The van der Waals surface area contributed by atoms with Crippen molar-refractivity contribution in [2.45, 2.75) is 45.4 Å². The number of aryl methyl sites for hydroxylation is 2. The Morgan fingerprint density at radius 2 is 1.87 bits per heavy atom. The van der Waals surface area contributed by atoms with Crippen molar-refractivity contribution in [3.63, 3.8) is 0 Å². The molecule has 4 aromatic heterocycles. The van der Waals surface area contributed by atoms with Gasteiger partial charge in [-0.05, 0) is 61.9 Å². The van der Waals surface area contributed by atoms with Gasteiger partial charge in [-0.3, -0.25) is 28.6 Å². The van der Waals surface area contributed by atoms with Gasteiger partial charge >= 0.3 is 0 Å². The molecular formula is C28H33N9O2. The van der Waals surface area contributed by atoms with Gasteiger partial charge in [-0.25, -0.2) is 0 Å². The van der Waals surface area contributed by atoms with E-state index in [9.17, 15) is 9.59 Å². The van der Waals surface area contributed by atoms with Gasteiger partial charge in [-0.2, -0.15) is 5.10 Å². The van der Waals surface area contributed by atoms with Crippen LogP contribution >= 0.6 is 0 Å². The Morgan fingerprint density at radius 1 is 1.03 bits per heavy atom. The minimum absolute atomic E-state index is 0.0707. The molecule has 11 nitrogen and oxygen atoms in total. The number of likely N-dealkylation sites (tertiary alicyclic amines) is 1. The van der Waals surface area contributed by atoms with Crippen LogP contribution in [0, 0.1) is 12.3 Å². The molecule has 2 aliphatic rings. The van der Waals surface area contributed by atoms with Crippen LogP contribution in [0.25, 0.3) is 16.8 Å². The molecule has 6 rings (SSSR count). The van der Waals surface area contributed by atoms with E-state index in [1.807, 2.05) is 25.4 Å². The van der Waals surface area contributed by atoms with E-state index < -0.39 is 5.91 Å². The van der Waals surface area contributed by atoms with Crippen LogP contribution in [0.3, 0.4) is 0 Å². The Kier molecular flexibility index (Phi) is 6.59. The molecule has 1 aliphatic heterocycles. The second-order valence-corrected chi connectivity index (χ2v) is 11.0. The summed E-state index contributed by atoms with van der Waals surface area (Å²) in [5, 5.41) is 18.3. The maximum atomic E-state index is 13.1. The summed E-state index contributed by atoms with van der Waals surface area (Å²) in [7, 11) is 1.86. The van der Waals surface area contributed by atoms with Gasteiger partial charge in [0, 0.05) is 31.5 Å². The molecule has 2 amide bonds. The molecule has 2 fully saturated rings. The van der Waals surface area contributed by atoms with E-state index in [1.54, 1.807) is 40.7 Å². The number of amides is 2. The third-order valence-corrected chi connectivity index (χ3v) is 8.07. The average Bonchev–Trinajstić information content (AvgIpc) is 3.65. The molecule has 0 unspecified atom stereocenters. The summed E-state index contributed by atoms with van der Waals surface area (Å²) >= 11 is 0. The van der Waals surface area contributed by atoms with Crippen LogP contribution in [0.2, 0.25) is 0 Å². The van der Waals surface area contributed by atoms with Gasteiger partial charge in [0.2, 0.25) is 11.7 Å². The standard InChI is InChI=1S/C28H33N9O2/c1-19-23(13-22(15-29-19)31-25(38)17-36-11-9-28(18-36)7-4-3-5-8-28)32-27(39)26-34-33-24-12-20(6-10-37(24)26)21-14-30-35(2)16-21/h6,10,12-16H,3-5,7-9,11,17-18H2,1-2H3,(H,31,38)(H,32,39). The first-order valence-corrected chi connectivity index (χ1v) is 13.5. The molecule has 1 saturated heterocycles. The van der Waals surface area contributed by atoms with Gasteiger partial charge < -0.3 is 10.6 Å². The van der Waals surface area contributed by atoms with Crippen LogP contribution in [-0.4, -0.2) is 65.7 Å². The normalized spacial score (nSPS) is 17.1. The molecule has 5 heterocycles. The molecule has 4 aromatic rings. The summed E-state index contributed by atoms with van der Waals surface area (Å²) in [6.45, 7) is 4.14. The van der Waals surface area contributed by atoms with E-state index in [-0.39, 0.29) is 11.7 Å². The molecule has 1 saturated carbocycles. The molecule has 0 bridgehead atoms. The fraction of sp³-hybridized carbons (Fsp3) is 0.429. The number of nitrogens with zero attached hydrogens (tertiary/aromatic N) is 7. The molecule has 11 heteroatoms. The van der Waals surface area contributed by atoms with Crippen LogP contribution in [0.4, 0.5) is 11.4 Å². The minimum Gasteiger partial charge on any atom is -0.324 e. The maximum Gasteiger partial charge on any atom is 0.294 e. The number of hydrogen-bond donors (Lipinski definition) is 2. The Hall–Kier alpha value is -4.12. The lowest BCUT2D eigenvalue weighted by molar-refractivity contribution is -0.117. The first-order chi connectivity index (χ1) is 18.9. The van der Waals surface area contributed by atoms with Crippen molar-refractivity contribution >= 4 is 28.8 Å². The fourth-order valence-electron chi connectivity index (χ4n) is 5.98. The molecule has 2 N–H and O–H groups in total. The van der Waals surface area contributed by atoms with Crippen molar-refractivity contribution in [1.29, 1.82) is 0 Å². The van der Waals surface area contributed by atoms with Crippen LogP contribution in [0.5, 0.6) is 0 Å². The van der Waals surface area contributed by atoms with E-state index in [1.165, 1.54) is 38.5 Å². The van der Waals surface area contributed by atoms with Gasteiger partial charge in [-0.15, -0.1) is 10.2 Å². The van der Waals surface area contributed by atoms with Gasteiger partial charge in [0.1, 0.15) is 0 Å². The predicted molar refractivity (Wildman–Crippen MR) is 147 cm³/mol. The topological polar surface area (TPSA) is 122 Å². The minimum atomic E-state index is -0.417. The number of pyridine rings is 2. The highest BCUT2D eigenvalue weighted by Gasteiger charge is 2.39. The molecular weight excluding hydrogens is 494 g/mol. The monoisotopic (exact) mass is 527 g/mol. The highest BCUT2D eigenvalue weighted by Crippen LogP contribution is 2.43. The maximum absolute atomic E-state index is 13.1. The van der Waals surface area contributed by atoms with Gasteiger partial charge in [0.15, 0.2) is 5.65 Å². The number of hydrogen-bond acceptors (Lipinski definition) is 7. The molecule has 39 heavy (non-hydrogen) atoms. The Balaban J connectivity index is 1.11. The number of carbonyl (C=O) groups is 2. The summed E-state index contributed by atoms with van der Waals surface area (Å²) in [4.78, 5) is 32.6. The molecule has 202 valence electrons. The van der Waals surface area contributed by atoms with E-state index in [0.29, 0.717) is 34.7 Å². The van der Waals surface area contributed by atoms with Gasteiger partial charge in [-0.1, -0.05) is 19.3 Å². The lowest BCUT2D eigenvalue weighted by atomic mass is 9.73. The van der Waals surface area contributed by atoms with Crippen molar-refractivity contribution < 1.29 is 9.59 Å². The zero-order chi connectivity index (χ0) is 27.0. The van der Waals surface area contributed by atoms with Crippen LogP contribution in [0.1, 0.15) is 54.8 Å². The first-order valence-electron chi connectivity index (χ1n) is 13.5. The Bertz CT molecular complexity index is 1530. The zero-order valence-corrected chi connectivity index (χ0v) is 22.4. The third kappa shape index (κ3) is 5.26. The number of fused-ring (bicyclic) bond motifs is 1. The Morgan fingerprint density at radius 3 is 2.67 bits per heavy atom. The molecule has 1 spiro atoms. The molecule has 0 aromatic carbocycles. The summed E-state index contributed by atoms with van der Waals surface area (Å²) in [6.07, 6.45) is 14.8. The lowest BCUT2D eigenvalue weighted by Crippen LogP contribution is -2.34. The highest BCUT2D eigenvalue weighted by molar-refractivity contribution is 6.03. The fourth-order valence-corrected chi connectivity index (χ4v) is 5.98. The smallest absolute Gasteiger partial charge is 0.294 e. The summed E-state index contributed by atoms with van der Waals surface area (Å²) < 4.78 is 3.37. The van der Waals surface area contributed by atoms with Crippen molar-refractivity contribution in [1.82, 2.24) is 34.3 Å². The SMILES string of the molecule is Cc1ncc(NC(=O)CN2CCC3(CCCCC3)C2)cc1NC(=O)c1nnc2cc(-c3cnn(C)c3)ccn12. The molecule has 1 aliphatic carbocycles. The quantitative estimate of drug-likeness (QED) is 0.392. The third-order valence-electron chi connectivity index (χ3n) is 8.07. The summed E-state index contributed by atoms with van der Waals surface area (Å²) in [5.74, 6) is -0.333. The van der Waals surface area contributed by atoms with Crippen molar-refractivity contribution in [3.05, 3.63) is 54.5 Å². The highest BCUT2D eigenvalue weighted by atomic mass is 16.2. The zero-order valence-electron chi connectivity index (χ0n) is 22.4. The summed E-state index contributed by atoms with van der Waals surface area (Å²) in [6, 6.07) is 5.48. The van der Waals surface area contributed by atoms with Crippen LogP contribution < -0.4 is 10.6 Å². The van der Waals surface area contributed by atoms with E-state index in [2.05, 4.69) is 35.8 Å². The average molecular weight is 528 g/mol. The van der Waals surface area contributed by atoms with E-state index >= 15 is 0 Å². The summed E-state index contributed by atoms with van der Waals surface area (Å²) in [5.41, 5.74) is 4.52. The number of nitrogens with one attached hydrogen (secondary N) is 2. The van der Waals surface area contributed by atoms with Crippen molar-refractivity contribution in [2.75, 3.05) is 30.3 Å². The van der Waals surface area contributed by atoms with E-state index in [0.717, 1.165) is 24.2 Å². The van der Waals surface area contributed by atoms with Crippen LogP contribution in [0.15, 0.2) is 43.0 Å². The number of aromatic nitrogens is 6. The number of carbonyl (C=O) groups excluding carboxylic acids is 2. The van der Waals surface area contributed by atoms with Gasteiger partial charge in [0.05, 0.1) is 36.0 Å².